The molecule has 0 fully saturated rings. The van der Waals surface area contributed by atoms with E-state index in [4.69, 9.17) is 0 Å². The van der Waals surface area contributed by atoms with Gasteiger partial charge in [0.25, 0.3) is 0 Å². The van der Waals surface area contributed by atoms with Crippen molar-refractivity contribution in [1.82, 2.24) is 9.78 Å². The number of aryl methyl sites for hydroxylation is 1. The maximum Gasteiger partial charge on any atom is 0.0496 e. The number of rotatable bonds is 2. The first-order valence-corrected chi connectivity index (χ1v) is 4.59. The van der Waals surface area contributed by atoms with E-state index in [0.717, 1.165) is 5.69 Å². The monoisotopic (exact) mass is 184 g/mol. The van der Waals surface area contributed by atoms with Crippen molar-refractivity contribution in [2.75, 3.05) is 0 Å². The molecule has 0 bridgehead atoms. The molecule has 0 atom stereocenters. The molecule has 0 aliphatic rings. The van der Waals surface area contributed by atoms with E-state index in [1.54, 1.807) is 6.20 Å². The molecule has 1 heterocycles. The summed E-state index contributed by atoms with van der Waals surface area (Å²) in [7, 11) is 0. The van der Waals surface area contributed by atoms with Gasteiger partial charge in [-0.05, 0) is 24.6 Å². The van der Waals surface area contributed by atoms with Gasteiger partial charge in [-0.15, -0.1) is 0 Å². The van der Waals surface area contributed by atoms with Crippen LogP contribution >= 0.6 is 0 Å². The average molecular weight is 184 g/mol. The summed E-state index contributed by atoms with van der Waals surface area (Å²) >= 11 is 0. The predicted octanol–water partition coefficient (Wildman–Crippen LogP) is 2.82. The number of benzene rings is 1. The van der Waals surface area contributed by atoms with Gasteiger partial charge in [-0.3, -0.25) is 0 Å². The Balaban J connectivity index is 2.20. The van der Waals surface area contributed by atoms with Crippen LogP contribution in [0.25, 0.3) is 12.3 Å². The number of hydrogen-bond donors (Lipinski definition) is 0. The van der Waals surface area contributed by atoms with E-state index in [9.17, 15) is 0 Å². The zero-order valence-electron chi connectivity index (χ0n) is 8.09. The summed E-state index contributed by atoms with van der Waals surface area (Å²) in [6, 6.07) is 12.2. The smallest absolute Gasteiger partial charge is 0.0496 e. The van der Waals surface area contributed by atoms with E-state index in [0.29, 0.717) is 0 Å². The van der Waals surface area contributed by atoms with E-state index >= 15 is 0 Å². The molecule has 2 heteroatoms. The van der Waals surface area contributed by atoms with Crippen molar-refractivity contribution in [2.24, 2.45) is 0 Å². The molecule has 2 rings (SSSR count). The highest BCUT2D eigenvalue weighted by molar-refractivity contribution is 5.60. The second-order valence-corrected chi connectivity index (χ2v) is 3.14. The van der Waals surface area contributed by atoms with Crippen molar-refractivity contribution in [2.45, 2.75) is 6.92 Å². The Hall–Kier alpha value is -1.83. The van der Waals surface area contributed by atoms with Crippen LogP contribution in [0.4, 0.5) is 0 Å². The summed E-state index contributed by atoms with van der Waals surface area (Å²) in [4.78, 5) is 0. The van der Waals surface area contributed by atoms with Crippen LogP contribution in [0.5, 0.6) is 0 Å². The van der Waals surface area contributed by atoms with Crippen LogP contribution in [0, 0.1) is 6.92 Å². The standard InChI is InChI=1S/C12H12N2/c1-11-7-9-13-14(11)10-8-12-5-3-2-4-6-12/h2-10H,1H3/b10-8+. The minimum atomic E-state index is 1.14. The summed E-state index contributed by atoms with van der Waals surface area (Å²) in [6.07, 6.45) is 5.80. The zero-order valence-corrected chi connectivity index (χ0v) is 8.09. The van der Waals surface area contributed by atoms with Crippen LogP contribution in [0.2, 0.25) is 0 Å². The predicted molar refractivity (Wildman–Crippen MR) is 58.6 cm³/mol. The summed E-state index contributed by atoms with van der Waals surface area (Å²) in [5.41, 5.74) is 2.32. The summed E-state index contributed by atoms with van der Waals surface area (Å²) in [6.45, 7) is 2.03. The first kappa shape index (κ1) is 8.75. The van der Waals surface area contributed by atoms with E-state index < -0.39 is 0 Å². The Morgan fingerprint density at radius 1 is 1.14 bits per heavy atom. The Morgan fingerprint density at radius 2 is 1.93 bits per heavy atom. The number of nitrogens with zero attached hydrogens (tertiary/aromatic N) is 2. The lowest BCUT2D eigenvalue weighted by molar-refractivity contribution is 0.900. The Bertz CT molecular complexity index is 427. The first-order chi connectivity index (χ1) is 6.86. The molecule has 1 aromatic carbocycles. The minimum absolute atomic E-state index is 1.14. The zero-order chi connectivity index (χ0) is 9.80. The van der Waals surface area contributed by atoms with E-state index in [1.165, 1.54) is 5.56 Å². The average Bonchev–Trinajstić information content (AvgIpc) is 2.63. The third kappa shape index (κ3) is 1.91. The van der Waals surface area contributed by atoms with Crippen molar-refractivity contribution in [3.63, 3.8) is 0 Å². The third-order valence-electron chi connectivity index (χ3n) is 2.08. The fourth-order valence-corrected chi connectivity index (χ4v) is 1.26. The van der Waals surface area contributed by atoms with Crippen LogP contribution in [0.3, 0.4) is 0 Å². The first-order valence-electron chi connectivity index (χ1n) is 4.59. The molecule has 2 aromatic rings. The maximum atomic E-state index is 4.16. The van der Waals surface area contributed by atoms with Crippen LogP contribution in [-0.4, -0.2) is 9.78 Å². The molecular weight excluding hydrogens is 172 g/mol. The van der Waals surface area contributed by atoms with Crippen molar-refractivity contribution in [3.05, 3.63) is 53.9 Å². The SMILES string of the molecule is Cc1ccnn1/C=C/c1ccccc1. The second-order valence-electron chi connectivity index (χ2n) is 3.14. The third-order valence-corrected chi connectivity index (χ3v) is 2.08. The Kier molecular flexibility index (Phi) is 2.45. The fraction of sp³-hybridized carbons (Fsp3) is 0.0833. The molecule has 1 aromatic heterocycles. The summed E-state index contributed by atoms with van der Waals surface area (Å²) < 4.78 is 1.85. The molecule has 0 N–H and O–H groups in total. The molecule has 0 radical (unpaired) electrons. The Labute approximate surface area is 83.5 Å². The molecule has 0 unspecified atom stereocenters. The minimum Gasteiger partial charge on any atom is -0.245 e. The fourth-order valence-electron chi connectivity index (χ4n) is 1.26. The molecule has 14 heavy (non-hydrogen) atoms. The highest BCUT2D eigenvalue weighted by atomic mass is 15.3. The quantitative estimate of drug-likeness (QED) is 0.701. The highest BCUT2D eigenvalue weighted by Gasteiger charge is 1.90. The van der Waals surface area contributed by atoms with Gasteiger partial charge < -0.3 is 0 Å². The van der Waals surface area contributed by atoms with Crippen LogP contribution < -0.4 is 0 Å². The molecule has 0 spiro atoms. The van der Waals surface area contributed by atoms with Crippen molar-refractivity contribution < 1.29 is 0 Å². The van der Waals surface area contributed by atoms with Gasteiger partial charge in [-0.25, -0.2) is 4.68 Å². The molecule has 0 aliphatic heterocycles. The van der Waals surface area contributed by atoms with Crippen LogP contribution in [0.1, 0.15) is 11.3 Å². The summed E-state index contributed by atoms with van der Waals surface area (Å²) in [5, 5.41) is 4.16. The lowest BCUT2D eigenvalue weighted by atomic mass is 10.2. The topological polar surface area (TPSA) is 17.8 Å². The molecule has 0 aliphatic carbocycles. The highest BCUT2D eigenvalue weighted by Crippen LogP contribution is 2.03. The van der Waals surface area contributed by atoms with Gasteiger partial charge in [-0.1, -0.05) is 30.3 Å². The molecule has 0 amide bonds. The molecule has 2 nitrogen and oxygen atoms in total. The second kappa shape index (κ2) is 3.92. The van der Waals surface area contributed by atoms with Gasteiger partial charge in [0.05, 0.1) is 0 Å². The lowest BCUT2D eigenvalue weighted by Gasteiger charge is -1.95. The van der Waals surface area contributed by atoms with Gasteiger partial charge >= 0.3 is 0 Å². The van der Waals surface area contributed by atoms with Gasteiger partial charge in [0.2, 0.25) is 0 Å². The van der Waals surface area contributed by atoms with Crippen LogP contribution in [0.15, 0.2) is 42.6 Å². The molecular formula is C12H12N2. The molecule has 0 saturated heterocycles. The molecule has 0 saturated carbocycles. The lowest BCUT2D eigenvalue weighted by Crippen LogP contribution is -1.90. The maximum absolute atomic E-state index is 4.16. The van der Waals surface area contributed by atoms with E-state index in [1.807, 2.05) is 48.1 Å². The number of aromatic nitrogens is 2. The normalized spacial score (nSPS) is 10.9. The van der Waals surface area contributed by atoms with Gasteiger partial charge in [-0.2, -0.15) is 5.10 Å². The summed E-state index contributed by atoms with van der Waals surface area (Å²) in [5.74, 6) is 0. The van der Waals surface area contributed by atoms with Crippen LogP contribution in [-0.2, 0) is 0 Å². The van der Waals surface area contributed by atoms with E-state index in [-0.39, 0.29) is 0 Å². The van der Waals surface area contributed by atoms with Crippen molar-refractivity contribution in [1.29, 1.82) is 0 Å². The van der Waals surface area contributed by atoms with Crippen molar-refractivity contribution >= 4 is 12.3 Å². The number of hydrogen-bond acceptors (Lipinski definition) is 1. The molecule has 70 valence electrons. The van der Waals surface area contributed by atoms with Gasteiger partial charge in [0, 0.05) is 18.1 Å². The Morgan fingerprint density at radius 3 is 2.57 bits per heavy atom. The largest absolute Gasteiger partial charge is 0.245 e. The van der Waals surface area contributed by atoms with E-state index in [2.05, 4.69) is 17.2 Å². The van der Waals surface area contributed by atoms with Gasteiger partial charge in [0.1, 0.15) is 0 Å². The van der Waals surface area contributed by atoms with Gasteiger partial charge in [0.15, 0.2) is 0 Å². The van der Waals surface area contributed by atoms with Crippen molar-refractivity contribution in [3.8, 4) is 0 Å².